The van der Waals surface area contributed by atoms with Crippen LogP contribution < -0.4 is 5.32 Å². The van der Waals surface area contributed by atoms with Crippen molar-refractivity contribution in [2.45, 2.75) is 6.42 Å². The third-order valence-corrected chi connectivity index (χ3v) is 2.74. The van der Waals surface area contributed by atoms with E-state index < -0.39 is 0 Å². The lowest BCUT2D eigenvalue weighted by molar-refractivity contribution is 0.896. The first-order chi connectivity index (χ1) is 7.75. The fraction of sp³-hybridized carbons (Fsp3) is 0.222. The van der Waals surface area contributed by atoms with Crippen molar-refractivity contribution in [1.82, 2.24) is 20.2 Å². The summed E-state index contributed by atoms with van der Waals surface area (Å²) in [4.78, 5) is 8.18. The summed E-state index contributed by atoms with van der Waals surface area (Å²) in [6.45, 7) is 0.725. The summed E-state index contributed by atoms with van der Waals surface area (Å²) in [5, 5.41) is 10.3. The number of aromatic nitrogens is 4. The quantitative estimate of drug-likeness (QED) is 0.909. The molecular formula is C9H9BrClN5. The molecule has 2 aromatic heterocycles. The van der Waals surface area contributed by atoms with Gasteiger partial charge in [0.05, 0.1) is 9.50 Å². The van der Waals surface area contributed by atoms with Crippen LogP contribution in [0.3, 0.4) is 0 Å². The SMILES string of the molecule is Clc1cnc(NCCc2ncn[nH]2)c(Br)c1. The predicted octanol–water partition coefficient (Wildman–Crippen LogP) is 2.27. The minimum atomic E-state index is 0.604. The van der Waals surface area contributed by atoms with Gasteiger partial charge in [-0.1, -0.05) is 11.6 Å². The summed E-state index contributed by atoms with van der Waals surface area (Å²) >= 11 is 9.17. The maximum Gasteiger partial charge on any atom is 0.140 e. The fourth-order valence-corrected chi connectivity index (χ4v) is 1.97. The second-order valence-corrected chi connectivity index (χ2v) is 4.38. The van der Waals surface area contributed by atoms with Crippen LogP contribution in [0, 0.1) is 0 Å². The largest absolute Gasteiger partial charge is 0.369 e. The highest BCUT2D eigenvalue weighted by Crippen LogP contribution is 2.22. The summed E-state index contributed by atoms with van der Waals surface area (Å²) in [6.07, 6.45) is 3.85. The van der Waals surface area contributed by atoms with Crippen molar-refractivity contribution >= 4 is 33.3 Å². The highest BCUT2D eigenvalue weighted by molar-refractivity contribution is 9.10. The monoisotopic (exact) mass is 301 g/mol. The second kappa shape index (κ2) is 5.27. The molecule has 0 aromatic carbocycles. The van der Waals surface area contributed by atoms with E-state index in [0.717, 1.165) is 29.1 Å². The Balaban J connectivity index is 1.90. The number of aromatic amines is 1. The molecule has 2 aromatic rings. The lowest BCUT2D eigenvalue weighted by Gasteiger charge is -2.06. The number of H-pyrrole nitrogens is 1. The van der Waals surface area contributed by atoms with Crippen molar-refractivity contribution in [3.05, 3.63) is 33.9 Å². The number of nitrogens with zero attached hydrogens (tertiary/aromatic N) is 3. The number of anilines is 1. The lowest BCUT2D eigenvalue weighted by atomic mass is 10.4. The van der Waals surface area contributed by atoms with Crippen LogP contribution in [0.2, 0.25) is 5.02 Å². The molecule has 16 heavy (non-hydrogen) atoms. The first-order valence-corrected chi connectivity index (χ1v) is 5.82. The maximum absolute atomic E-state index is 5.79. The Kier molecular flexibility index (Phi) is 3.74. The van der Waals surface area contributed by atoms with Gasteiger partial charge in [-0.2, -0.15) is 5.10 Å². The zero-order valence-electron chi connectivity index (χ0n) is 8.24. The van der Waals surface area contributed by atoms with Crippen LogP contribution in [-0.2, 0) is 6.42 Å². The molecule has 0 radical (unpaired) electrons. The van der Waals surface area contributed by atoms with Gasteiger partial charge in [-0.25, -0.2) is 9.97 Å². The van der Waals surface area contributed by atoms with Gasteiger partial charge in [0.25, 0.3) is 0 Å². The molecule has 0 saturated carbocycles. The smallest absolute Gasteiger partial charge is 0.140 e. The molecule has 2 rings (SSSR count). The predicted molar refractivity (Wildman–Crippen MR) is 65.5 cm³/mol. The van der Waals surface area contributed by atoms with Gasteiger partial charge in [-0.05, 0) is 22.0 Å². The van der Waals surface area contributed by atoms with Crippen LogP contribution in [0.25, 0.3) is 0 Å². The van der Waals surface area contributed by atoms with E-state index >= 15 is 0 Å². The summed E-state index contributed by atoms with van der Waals surface area (Å²) in [5.41, 5.74) is 0. The molecule has 2 N–H and O–H groups in total. The molecule has 5 nitrogen and oxygen atoms in total. The number of hydrogen-bond acceptors (Lipinski definition) is 4. The minimum Gasteiger partial charge on any atom is -0.369 e. The highest BCUT2D eigenvalue weighted by Gasteiger charge is 2.02. The van der Waals surface area contributed by atoms with Crippen LogP contribution in [-0.4, -0.2) is 26.7 Å². The number of rotatable bonds is 4. The molecule has 7 heteroatoms. The van der Waals surface area contributed by atoms with E-state index in [9.17, 15) is 0 Å². The Bertz CT molecular complexity index is 459. The molecule has 0 atom stereocenters. The lowest BCUT2D eigenvalue weighted by Crippen LogP contribution is -2.07. The van der Waals surface area contributed by atoms with Crippen molar-refractivity contribution in [3.63, 3.8) is 0 Å². The number of nitrogens with one attached hydrogen (secondary N) is 2. The molecule has 0 spiro atoms. The summed E-state index contributed by atoms with van der Waals surface area (Å²) in [7, 11) is 0. The van der Waals surface area contributed by atoms with E-state index in [2.05, 4.69) is 41.4 Å². The molecule has 2 heterocycles. The van der Waals surface area contributed by atoms with Crippen LogP contribution in [0.4, 0.5) is 5.82 Å². The molecule has 0 saturated heterocycles. The Morgan fingerprint density at radius 3 is 3.00 bits per heavy atom. The molecular weight excluding hydrogens is 293 g/mol. The van der Waals surface area contributed by atoms with E-state index in [4.69, 9.17) is 11.6 Å². The van der Waals surface area contributed by atoms with Crippen LogP contribution in [0.5, 0.6) is 0 Å². The van der Waals surface area contributed by atoms with Gasteiger partial charge in [0.2, 0.25) is 0 Å². The molecule has 0 unspecified atom stereocenters. The van der Waals surface area contributed by atoms with Crippen molar-refractivity contribution < 1.29 is 0 Å². The van der Waals surface area contributed by atoms with Crippen molar-refractivity contribution in [3.8, 4) is 0 Å². The Morgan fingerprint density at radius 2 is 2.31 bits per heavy atom. The number of pyridine rings is 1. The van der Waals surface area contributed by atoms with E-state index in [1.54, 1.807) is 12.3 Å². The maximum atomic E-state index is 5.79. The Morgan fingerprint density at radius 1 is 1.44 bits per heavy atom. The average molecular weight is 303 g/mol. The van der Waals surface area contributed by atoms with Gasteiger partial charge in [-0.15, -0.1) is 0 Å². The zero-order valence-corrected chi connectivity index (χ0v) is 10.6. The third kappa shape index (κ3) is 2.93. The molecule has 0 aliphatic rings. The van der Waals surface area contributed by atoms with Crippen molar-refractivity contribution in [2.24, 2.45) is 0 Å². The van der Waals surface area contributed by atoms with Gasteiger partial charge in [-0.3, -0.25) is 5.10 Å². The molecule has 84 valence electrons. The third-order valence-electron chi connectivity index (χ3n) is 1.93. The van der Waals surface area contributed by atoms with E-state index in [-0.39, 0.29) is 0 Å². The van der Waals surface area contributed by atoms with E-state index in [0.29, 0.717) is 5.02 Å². The van der Waals surface area contributed by atoms with Gasteiger partial charge in [0.15, 0.2) is 0 Å². The molecule has 0 aliphatic carbocycles. The molecule has 0 amide bonds. The van der Waals surface area contributed by atoms with Gasteiger partial charge < -0.3 is 5.32 Å². The standard InChI is InChI=1S/C9H9BrClN5/c10-7-3-6(11)4-13-9(7)12-2-1-8-14-5-15-16-8/h3-5H,1-2H2,(H,12,13)(H,14,15,16). The summed E-state index contributed by atoms with van der Waals surface area (Å²) in [5.74, 6) is 1.61. The Hall–Kier alpha value is -1.14. The van der Waals surface area contributed by atoms with Crippen LogP contribution in [0.15, 0.2) is 23.1 Å². The normalized spacial score (nSPS) is 10.4. The van der Waals surface area contributed by atoms with Gasteiger partial charge in [0.1, 0.15) is 18.0 Å². The van der Waals surface area contributed by atoms with Crippen LogP contribution in [0.1, 0.15) is 5.82 Å². The first-order valence-electron chi connectivity index (χ1n) is 4.65. The second-order valence-electron chi connectivity index (χ2n) is 3.09. The Labute approximate surface area is 106 Å². The first kappa shape index (κ1) is 11.3. The molecule has 0 fully saturated rings. The molecule has 0 aliphatic heterocycles. The van der Waals surface area contributed by atoms with Crippen LogP contribution >= 0.6 is 27.5 Å². The zero-order chi connectivity index (χ0) is 11.4. The molecule has 0 bridgehead atoms. The topological polar surface area (TPSA) is 66.5 Å². The number of hydrogen-bond donors (Lipinski definition) is 2. The summed E-state index contributed by atoms with van der Waals surface area (Å²) in [6, 6.07) is 1.80. The number of halogens is 2. The van der Waals surface area contributed by atoms with E-state index in [1.165, 1.54) is 6.33 Å². The fourth-order valence-electron chi connectivity index (χ4n) is 1.20. The van der Waals surface area contributed by atoms with Crippen molar-refractivity contribution in [2.75, 3.05) is 11.9 Å². The summed E-state index contributed by atoms with van der Waals surface area (Å²) < 4.78 is 0.845. The van der Waals surface area contributed by atoms with E-state index in [1.807, 2.05) is 0 Å². The van der Waals surface area contributed by atoms with Gasteiger partial charge in [0, 0.05) is 19.2 Å². The van der Waals surface area contributed by atoms with Crippen molar-refractivity contribution in [1.29, 1.82) is 0 Å². The minimum absolute atomic E-state index is 0.604. The average Bonchev–Trinajstić information content (AvgIpc) is 2.74. The highest BCUT2D eigenvalue weighted by atomic mass is 79.9. The van der Waals surface area contributed by atoms with Gasteiger partial charge >= 0.3 is 0 Å².